The average Bonchev–Trinajstić information content (AvgIpc) is 3.31. The minimum atomic E-state index is -0.250. The Bertz CT molecular complexity index is 1460. The van der Waals surface area contributed by atoms with Crippen molar-refractivity contribution in [1.82, 2.24) is 15.5 Å². The molecule has 6 rings (SSSR count). The van der Waals surface area contributed by atoms with Gasteiger partial charge in [0.15, 0.2) is 5.78 Å². The van der Waals surface area contributed by atoms with Gasteiger partial charge >= 0.3 is 0 Å². The van der Waals surface area contributed by atoms with E-state index in [1.165, 1.54) is 0 Å². The second-order valence-electron chi connectivity index (χ2n) is 9.00. The van der Waals surface area contributed by atoms with Crippen LogP contribution in [0, 0.1) is 0 Å². The zero-order valence-electron chi connectivity index (χ0n) is 19.0. The van der Waals surface area contributed by atoms with Crippen LogP contribution in [0.3, 0.4) is 0 Å². The lowest BCUT2D eigenvalue weighted by Crippen LogP contribution is -2.31. The van der Waals surface area contributed by atoms with Crippen LogP contribution in [0.4, 0.5) is 0 Å². The zero-order chi connectivity index (χ0) is 23.1. The highest BCUT2D eigenvalue weighted by molar-refractivity contribution is 6.04. The van der Waals surface area contributed by atoms with E-state index in [4.69, 9.17) is 4.42 Å². The van der Waals surface area contributed by atoms with E-state index in [0.717, 1.165) is 57.3 Å². The maximum absolute atomic E-state index is 13.3. The predicted molar refractivity (Wildman–Crippen MR) is 132 cm³/mol. The molecular weight excluding hydrogens is 422 g/mol. The lowest BCUT2D eigenvalue weighted by atomic mass is 9.74. The molecule has 0 radical (unpaired) electrons. The van der Waals surface area contributed by atoms with E-state index >= 15 is 0 Å². The lowest BCUT2D eigenvalue weighted by molar-refractivity contribution is -0.116. The SMILES string of the molecule is CC1=C(c2nnc(Cc3ccccc3)o2)C(c2cccc3ccccc23)C2=C(CCCC2=O)N1. The quantitative estimate of drug-likeness (QED) is 0.419. The first-order chi connectivity index (χ1) is 16.7. The Morgan fingerprint density at radius 2 is 1.71 bits per heavy atom. The van der Waals surface area contributed by atoms with Crippen molar-refractivity contribution in [3.05, 3.63) is 113 Å². The van der Waals surface area contributed by atoms with E-state index in [1.54, 1.807) is 0 Å². The van der Waals surface area contributed by atoms with Gasteiger partial charge in [-0.05, 0) is 41.7 Å². The van der Waals surface area contributed by atoms with E-state index in [0.29, 0.717) is 24.6 Å². The Morgan fingerprint density at radius 1 is 0.912 bits per heavy atom. The van der Waals surface area contributed by atoms with E-state index < -0.39 is 0 Å². The molecule has 0 bridgehead atoms. The third kappa shape index (κ3) is 3.54. The van der Waals surface area contributed by atoms with Crippen molar-refractivity contribution in [2.75, 3.05) is 0 Å². The van der Waals surface area contributed by atoms with Gasteiger partial charge in [0.05, 0.1) is 6.42 Å². The van der Waals surface area contributed by atoms with Crippen molar-refractivity contribution in [2.45, 2.75) is 38.5 Å². The monoisotopic (exact) mass is 447 g/mol. The van der Waals surface area contributed by atoms with E-state index in [9.17, 15) is 4.79 Å². The molecule has 1 atom stereocenters. The van der Waals surface area contributed by atoms with Gasteiger partial charge in [-0.15, -0.1) is 10.2 Å². The number of nitrogens with zero attached hydrogens (tertiary/aromatic N) is 2. The number of hydrogen-bond donors (Lipinski definition) is 1. The van der Waals surface area contributed by atoms with Crippen LogP contribution in [0.1, 0.15) is 55.0 Å². The molecule has 1 unspecified atom stereocenters. The van der Waals surface area contributed by atoms with Gasteiger partial charge in [0.1, 0.15) is 0 Å². The molecule has 0 saturated heterocycles. The third-order valence-electron chi connectivity index (χ3n) is 6.81. The van der Waals surface area contributed by atoms with Crippen molar-refractivity contribution >= 4 is 22.1 Å². The Morgan fingerprint density at radius 3 is 2.59 bits per heavy atom. The van der Waals surface area contributed by atoms with Gasteiger partial charge in [-0.25, -0.2) is 0 Å². The number of carbonyl (C=O) groups excluding carboxylic acids is 1. The Labute approximate surface area is 198 Å². The molecule has 1 aliphatic heterocycles. The van der Waals surface area contributed by atoms with Crippen LogP contribution in [0.15, 0.2) is 94.2 Å². The number of rotatable bonds is 4. The summed E-state index contributed by atoms with van der Waals surface area (Å²) in [4.78, 5) is 13.3. The number of Topliss-reactive ketones (excluding diaryl/α,β-unsaturated/α-hetero) is 1. The molecule has 2 aliphatic rings. The van der Waals surface area contributed by atoms with Gasteiger partial charge in [-0.2, -0.15) is 0 Å². The van der Waals surface area contributed by atoms with Gasteiger partial charge in [0.25, 0.3) is 0 Å². The Balaban J connectivity index is 1.50. The van der Waals surface area contributed by atoms with Crippen LogP contribution in [0.5, 0.6) is 0 Å². The molecule has 0 fully saturated rings. The highest BCUT2D eigenvalue weighted by Gasteiger charge is 2.38. The summed E-state index contributed by atoms with van der Waals surface area (Å²) in [5.74, 6) is 0.979. The van der Waals surface area contributed by atoms with Crippen LogP contribution in [-0.2, 0) is 11.2 Å². The summed E-state index contributed by atoms with van der Waals surface area (Å²) in [5.41, 5.74) is 5.92. The van der Waals surface area contributed by atoms with E-state index in [1.807, 2.05) is 49.4 Å². The standard InChI is InChI=1S/C29H25N3O2/c1-18-26(29-32-31-25(34-29)17-19-9-3-2-4-10-19)27(28-23(30-18)15-8-16-24(28)33)22-14-7-12-20-11-5-6-13-21(20)22/h2-7,9-14,27,30H,8,15-17H2,1H3. The van der Waals surface area contributed by atoms with E-state index in [-0.39, 0.29) is 11.7 Å². The predicted octanol–water partition coefficient (Wildman–Crippen LogP) is 5.94. The number of ketones is 1. The largest absolute Gasteiger partial charge is 0.421 e. The number of fused-ring (bicyclic) bond motifs is 1. The molecule has 5 nitrogen and oxygen atoms in total. The summed E-state index contributed by atoms with van der Waals surface area (Å²) in [7, 11) is 0. The third-order valence-corrected chi connectivity index (χ3v) is 6.81. The topological polar surface area (TPSA) is 68.0 Å². The van der Waals surface area contributed by atoms with Gasteiger partial charge in [-0.3, -0.25) is 4.79 Å². The Hall–Kier alpha value is -3.99. The minimum Gasteiger partial charge on any atom is -0.421 e. The molecule has 1 N–H and O–H groups in total. The van der Waals surface area contributed by atoms with Crippen molar-refractivity contribution < 1.29 is 9.21 Å². The molecule has 2 heterocycles. The fraction of sp³-hybridized carbons (Fsp3) is 0.207. The summed E-state index contributed by atoms with van der Waals surface area (Å²) in [6, 6.07) is 24.7. The smallest absolute Gasteiger partial charge is 0.246 e. The number of hydrogen-bond acceptors (Lipinski definition) is 5. The van der Waals surface area contributed by atoms with Gasteiger partial charge < -0.3 is 9.73 Å². The molecule has 5 heteroatoms. The number of allylic oxidation sites excluding steroid dienone is 4. The van der Waals surface area contributed by atoms with Crippen molar-refractivity contribution in [1.29, 1.82) is 0 Å². The second kappa shape index (κ2) is 8.41. The first-order valence-electron chi connectivity index (χ1n) is 11.8. The van der Waals surface area contributed by atoms with Gasteiger partial charge in [0.2, 0.25) is 11.8 Å². The summed E-state index contributed by atoms with van der Waals surface area (Å²) in [6.07, 6.45) is 2.88. The molecule has 0 saturated carbocycles. The van der Waals surface area contributed by atoms with Crippen molar-refractivity contribution in [2.24, 2.45) is 0 Å². The fourth-order valence-electron chi connectivity index (χ4n) is 5.28. The normalized spacial score (nSPS) is 18.3. The highest BCUT2D eigenvalue weighted by Crippen LogP contribution is 2.47. The average molecular weight is 448 g/mol. The fourth-order valence-corrected chi connectivity index (χ4v) is 5.28. The number of aromatic nitrogens is 2. The summed E-state index contributed by atoms with van der Waals surface area (Å²) in [5, 5.41) is 14.6. The molecule has 0 spiro atoms. The number of carbonyl (C=O) groups is 1. The number of nitrogens with one attached hydrogen (secondary N) is 1. The summed E-state index contributed by atoms with van der Waals surface area (Å²) in [6.45, 7) is 2.04. The van der Waals surface area contributed by atoms with Crippen molar-refractivity contribution in [3.8, 4) is 0 Å². The molecule has 1 aromatic heterocycles. The van der Waals surface area contributed by atoms with Crippen LogP contribution in [0.2, 0.25) is 0 Å². The number of benzene rings is 3. The lowest BCUT2D eigenvalue weighted by Gasteiger charge is -2.34. The molecular formula is C29H25N3O2. The maximum atomic E-state index is 13.3. The maximum Gasteiger partial charge on any atom is 0.246 e. The zero-order valence-corrected chi connectivity index (χ0v) is 19.0. The highest BCUT2D eigenvalue weighted by atomic mass is 16.4. The molecule has 4 aromatic rings. The summed E-state index contributed by atoms with van der Waals surface area (Å²) < 4.78 is 6.22. The van der Waals surface area contributed by atoms with Crippen molar-refractivity contribution in [3.63, 3.8) is 0 Å². The van der Waals surface area contributed by atoms with Crippen LogP contribution in [-0.4, -0.2) is 16.0 Å². The van der Waals surface area contributed by atoms with Gasteiger partial charge in [-0.1, -0.05) is 72.8 Å². The Kier molecular flexibility index (Phi) is 5.10. The van der Waals surface area contributed by atoms with Crippen LogP contribution >= 0.6 is 0 Å². The molecule has 34 heavy (non-hydrogen) atoms. The van der Waals surface area contributed by atoms with Gasteiger partial charge in [0, 0.05) is 34.9 Å². The number of dihydropyridines is 1. The first-order valence-corrected chi connectivity index (χ1v) is 11.8. The minimum absolute atomic E-state index is 0.195. The molecule has 0 amide bonds. The first kappa shape index (κ1) is 20.6. The molecule has 3 aromatic carbocycles. The molecule has 168 valence electrons. The van der Waals surface area contributed by atoms with Crippen LogP contribution < -0.4 is 5.32 Å². The summed E-state index contributed by atoms with van der Waals surface area (Å²) >= 11 is 0. The van der Waals surface area contributed by atoms with E-state index in [2.05, 4.69) is 45.8 Å². The second-order valence-corrected chi connectivity index (χ2v) is 9.00. The van der Waals surface area contributed by atoms with Crippen LogP contribution in [0.25, 0.3) is 16.3 Å². The molecule has 1 aliphatic carbocycles.